The Kier molecular flexibility index (Phi) is 6.53. The Hall–Kier alpha value is -7.56. The molecule has 0 spiro atoms. The van der Waals surface area contributed by atoms with Crippen molar-refractivity contribution in [3.05, 3.63) is 176 Å². The van der Waals surface area contributed by atoms with Crippen LogP contribution in [0.3, 0.4) is 0 Å². The van der Waals surface area contributed by atoms with E-state index >= 15 is 0 Å². The van der Waals surface area contributed by atoms with Crippen molar-refractivity contribution < 1.29 is 13.3 Å². The molecular formula is C54H33NO3. The largest absolute Gasteiger partial charge is 0.456 e. The van der Waals surface area contributed by atoms with Gasteiger partial charge in [0.2, 0.25) is 0 Å². The van der Waals surface area contributed by atoms with Gasteiger partial charge in [-0.25, -0.2) is 0 Å². The normalized spacial score (nSPS) is 13.4. The molecule has 0 radical (unpaired) electrons. The van der Waals surface area contributed by atoms with Gasteiger partial charge in [0.25, 0.3) is 0 Å². The topological polar surface area (TPSA) is 44.4 Å². The predicted molar refractivity (Wildman–Crippen MR) is 240 cm³/mol. The lowest BCUT2D eigenvalue weighted by Crippen LogP contribution is -1.96. The van der Waals surface area contributed by atoms with E-state index in [-0.39, 0.29) is 0 Å². The highest BCUT2D eigenvalue weighted by molar-refractivity contribution is 6.20. The van der Waals surface area contributed by atoms with Crippen LogP contribution in [0.25, 0.3) is 127 Å². The summed E-state index contributed by atoms with van der Waals surface area (Å²) in [6.45, 7) is 0. The van der Waals surface area contributed by atoms with Crippen LogP contribution < -0.4 is 0 Å². The van der Waals surface area contributed by atoms with Crippen LogP contribution in [-0.2, 0) is 0 Å². The Labute approximate surface area is 332 Å². The molecule has 0 fully saturated rings. The van der Waals surface area contributed by atoms with E-state index < -0.39 is 0 Å². The number of furan rings is 3. The first-order valence-corrected chi connectivity index (χ1v) is 20.0. The smallest absolute Gasteiger partial charge is 0.178 e. The molecule has 0 amide bonds. The van der Waals surface area contributed by atoms with Crippen LogP contribution in [0.1, 0.15) is 12.8 Å². The molecule has 13 rings (SSSR count). The van der Waals surface area contributed by atoms with Crippen LogP contribution in [0, 0.1) is 0 Å². The van der Waals surface area contributed by atoms with Crippen LogP contribution in [0.5, 0.6) is 0 Å². The monoisotopic (exact) mass is 743 g/mol. The number of benzene rings is 8. The summed E-state index contributed by atoms with van der Waals surface area (Å²) >= 11 is 0. The second-order valence-corrected chi connectivity index (χ2v) is 15.5. The van der Waals surface area contributed by atoms with Gasteiger partial charge in [-0.2, -0.15) is 0 Å². The minimum Gasteiger partial charge on any atom is -0.456 e. The van der Waals surface area contributed by atoms with Crippen molar-refractivity contribution in [1.82, 2.24) is 4.57 Å². The van der Waals surface area contributed by atoms with E-state index in [1.165, 1.54) is 33.1 Å². The third-order valence-electron chi connectivity index (χ3n) is 12.2. The number of nitrogens with zero attached hydrogens (tertiary/aromatic N) is 1. The second kappa shape index (κ2) is 12.0. The average Bonchev–Trinajstić information content (AvgIpc) is 4.05. The van der Waals surface area contributed by atoms with E-state index in [4.69, 9.17) is 13.3 Å². The molecule has 4 aromatic heterocycles. The standard InChI is InChI=1S/C54H33NO3/c1-2-11-38(12-3-1)55-47-15-6-4-13-39(47)43-28-34(17-23-48(43)55)37-20-26-52-46(31-37)42-22-21-41-45-30-36(19-25-51(45)57-53(41)54(42)58-52)33-10-8-9-32(27-33)35-18-24-50-44(29-35)40-14-5-7-16-49(40)56-50/h2,4-31H,1,3H2. The molecule has 1 aliphatic carbocycles. The van der Waals surface area contributed by atoms with Crippen molar-refractivity contribution in [1.29, 1.82) is 0 Å². The molecule has 0 N–H and O–H groups in total. The molecule has 1 aliphatic rings. The van der Waals surface area contributed by atoms with Crippen LogP contribution in [0.15, 0.2) is 189 Å². The minimum absolute atomic E-state index is 0.775. The van der Waals surface area contributed by atoms with Gasteiger partial charge in [0, 0.05) is 48.8 Å². The number of fused-ring (bicyclic) bond motifs is 13. The number of allylic oxidation sites excluding steroid dienone is 4. The summed E-state index contributed by atoms with van der Waals surface area (Å²) in [4.78, 5) is 0. The van der Waals surface area contributed by atoms with Crippen LogP contribution >= 0.6 is 0 Å². The fourth-order valence-corrected chi connectivity index (χ4v) is 9.41. The van der Waals surface area contributed by atoms with Crippen molar-refractivity contribution in [2.75, 3.05) is 0 Å². The Bertz CT molecular complexity index is 3750. The summed E-state index contributed by atoms with van der Waals surface area (Å²) in [5.74, 6) is 0. The van der Waals surface area contributed by atoms with Crippen molar-refractivity contribution in [3.8, 4) is 33.4 Å². The molecular weight excluding hydrogens is 711 g/mol. The van der Waals surface area contributed by atoms with E-state index in [1.54, 1.807) is 0 Å². The van der Waals surface area contributed by atoms with Gasteiger partial charge in [0.15, 0.2) is 11.2 Å². The summed E-state index contributed by atoms with van der Waals surface area (Å²) in [5.41, 5.74) is 15.7. The molecule has 0 saturated carbocycles. The third kappa shape index (κ3) is 4.63. The Morgan fingerprint density at radius 1 is 0.345 bits per heavy atom. The van der Waals surface area contributed by atoms with Crippen molar-refractivity contribution in [2.45, 2.75) is 12.8 Å². The first-order valence-electron chi connectivity index (χ1n) is 20.0. The maximum absolute atomic E-state index is 6.60. The third-order valence-corrected chi connectivity index (χ3v) is 12.2. The Morgan fingerprint density at radius 2 is 0.862 bits per heavy atom. The minimum atomic E-state index is 0.775. The van der Waals surface area contributed by atoms with Gasteiger partial charge in [-0.1, -0.05) is 91.0 Å². The molecule has 4 heteroatoms. The lowest BCUT2D eigenvalue weighted by Gasteiger charge is -2.12. The lowest BCUT2D eigenvalue weighted by molar-refractivity contribution is 0.633. The number of hydrogen-bond donors (Lipinski definition) is 0. The fraction of sp³-hybridized carbons (Fsp3) is 0.0370. The Balaban J connectivity index is 0.887. The number of para-hydroxylation sites is 2. The van der Waals surface area contributed by atoms with E-state index in [2.05, 4.69) is 168 Å². The van der Waals surface area contributed by atoms with Gasteiger partial charge in [-0.05, 0) is 131 Å². The summed E-state index contributed by atoms with van der Waals surface area (Å²) in [7, 11) is 0. The summed E-state index contributed by atoms with van der Waals surface area (Å²) in [6.07, 6.45) is 9.04. The maximum Gasteiger partial charge on any atom is 0.178 e. The van der Waals surface area contributed by atoms with Crippen molar-refractivity contribution in [3.63, 3.8) is 0 Å². The average molecular weight is 744 g/mol. The van der Waals surface area contributed by atoms with Crippen LogP contribution in [0.2, 0.25) is 0 Å². The zero-order chi connectivity index (χ0) is 37.9. The van der Waals surface area contributed by atoms with E-state index in [0.717, 1.165) is 106 Å². The zero-order valence-corrected chi connectivity index (χ0v) is 31.3. The molecule has 0 aliphatic heterocycles. The molecule has 272 valence electrons. The molecule has 0 bridgehead atoms. The van der Waals surface area contributed by atoms with E-state index in [1.807, 2.05) is 12.1 Å². The van der Waals surface area contributed by atoms with Gasteiger partial charge in [-0.3, -0.25) is 0 Å². The van der Waals surface area contributed by atoms with Crippen LogP contribution in [0.4, 0.5) is 0 Å². The number of aromatic nitrogens is 1. The molecule has 0 unspecified atom stereocenters. The SMILES string of the molecule is C1=CC(n2c3ccccc3c3cc(-c4ccc5oc6c(ccc7c8cc(-c9cccc(-c%10ccc%11oc%12ccccc%12c%11c%10)c9)ccc8oc76)c5c4)ccc32)=CCC1. The van der Waals surface area contributed by atoms with Gasteiger partial charge in [-0.15, -0.1) is 0 Å². The summed E-state index contributed by atoms with van der Waals surface area (Å²) in [5, 5.41) is 9.02. The molecule has 12 aromatic rings. The Morgan fingerprint density at radius 3 is 1.52 bits per heavy atom. The number of rotatable bonds is 4. The molecule has 8 aromatic carbocycles. The molecule has 0 atom stereocenters. The molecule has 58 heavy (non-hydrogen) atoms. The first kappa shape index (κ1) is 31.6. The predicted octanol–water partition coefficient (Wildman–Crippen LogP) is 15.7. The molecule has 0 saturated heterocycles. The lowest BCUT2D eigenvalue weighted by atomic mass is 9.97. The fourth-order valence-electron chi connectivity index (χ4n) is 9.41. The zero-order valence-electron chi connectivity index (χ0n) is 31.3. The second-order valence-electron chi connectivity index (χ2n) is 15.5. The molecule has 4 heterocycles. The van der Waals surface area contributed by atoms with Crippen molar-refractivity contribution in [2.24, 2.45) is 0 Å². The number of hydrogen-bond acceptors (Lipinski definition) is 3. The summed E-state index contributed by atoms with van der Waals surface area (Å²) < 4.78 is 21.7. The molecule has 4 nitrogen and oxygen atoms in total. The highest BCUT2D eigenvalue weighted by Gasteiger charge is 2.19. The van der Waals surface area contributed by atoms with Gasteiger partial charge >= 0.3 is 0 Å². The quantitative estimate of drug-likeness (QED) is 0.180. The first-order chi connectivity index (χ1) is 28.7. The highest BCUT2D eigenvalue weighted by atomic mass is 16.4. The van der Waals surface area contributed by atoms with E-state index in [9.17, 15) is 0 Å². The van der Waals surface area contributed by atoms with Gasteiger partial charge in [0.05, 0.1) is 11.0 Å². The van der Waals surface area contributed by atoms with Gasteiger partial charge < -0.3 is 17.8 Å². The van der Waals surface area contributed by atoms with E-state index in [0.29, 0.717) is 0 Å². The van der Waals surface area contributed by atoms with Crippen molar-refractivity contribution >= 4 is 93.3 Å². The summed E-state index contributed by atoms with van der Waals surface area (Å²) in [6, 6.07) is 56.4. The van der Waals surface area contributed by atoms with Gasteiger partial charge in [0.1, 0.15) is 22.3 Å². The maximum atomic E-state index is 6.60. The highest BCUT2D eigenvalue weighted by Crippen LogP contribution is 2.42. The van der Waals surface area contributed by atoms with Crippen LogP contribution in [-0.4, -0.2) is 4.57 Å².